The highest BCUT2D eigenvalue weighted by atomic mass is 32.1. The van der Waals surface area contributed by atoms with Crippen molar-refractivity contribution in [3.8, 4) is 0 Å². The third kappa shape index (κ3) is 3.58. The Morgan fingerprint density at radius 3 is 2.57 bits per heavy atom. The Morgan fingerprint density at radius 2 is 1.91 bits per heavy atom. The predicted octanol–water partition coefficient (Wildman–Crippen LogP) is 4.10. The van der Waals surface area contributed by atoms with Gasteiger partial charge in [0.15, 0.2) is 5.13 Å². The maximum Gasteiger partial charge on any atom is 0.410 e. The van der Waals surface area contributed by atoms with Crippen LogP contribution in [0.5, 0.6) is 0 Å². The molecule has 1 aromatic heterocycles. The van der Waals surface area contributed by atoms with Gasteiger partial charge in [0.25, 0.3) is 0 Å². The number of ether oxygens (including phenoxy) is 1. The van der Waals surface area contributed by atoms with Gasteiger partial charge < -0.3 is 14.5 Å². The molecule has 3 rings (SSSR count). The second-order valence-electron chi connectivity index (χ2n) is 6.69. The number of carbonyl (C=O) groups excluding carboxylic acids is 1. The lowest BCUT2D eigenvalue weighted by Crippen LogP contribution is -2.50. The minimum atomic E-state index is -0.478. The number of amides is 1. The molecule has 1 fully saturated rings. The summed E-state index contributed by atoms with van der Waals surface area (Å²) in [5.41, 5.74) is 0.556. The van der Waals surface area contributed by atoms with Gasteiger partial charge in [-0.2, -0.15) is 4.39 Å². The number of benzene rings is 1. The van der Waals surface area contributed by atoms with Gasteiger partial charge in [-0.15, -0.1) is 11.3 Å². The van der Waals surface area contributed by atoms with E-state index in [1.54, 1.807) is 11.0 Å². The Hall–Kier alpha value is -1.82. The van der Waals surface area contributed by atoms with E-state index in [2.05, 4.69) is 4.90 Å². The third-order valence-corrected chi connectivity index (χ3v) is 4.67. The molecule has 4 nitrogen and oxygen atoms in total. The van der Waals surface area contributed by atoms with Crippen molar-refractivity contribution in [2.24, 2.45) is 0 Å². The van der Waals surface area contributed by atoms with Crippen molar-refractivity contribution in [1.82, 2.24) is 4.90 Å². The van der Waals surface area contributed by atoms with Crippen molar-refractivity contribution >= 4 is 33.2 Å². The molecule has 0 spiro atoms. The number of carbonyl (C=O) groups is 1. The van der Waals surface area contributed by atoms with Gasteiger partial charge in [-0.05, 0) is 39.0 Å². The normalized spacial score (nSPS) is 16.0. The van der Waals surface area contributed by atoms with Crippen molar-refractivity contribution in [3.63, 3.8) is 0 Å². The molecule has 1 aliphatic rings. The first kappa shape index (κ1) is 16.1. The summed E-state index contributed by atoms with van der Waals surface area (Å²) in [6, 6.07) is 7.49. The van der Waals surface area contributed by atoms with Gasteiger partial charge in [-0.1, -0.05) is 6.07 Å². The lowest BCUT2D eigenvalue weighted by Gasteiger charge is -2.37. The third-order valence-electron chi connectivity index (χ3n) is 3.78. The summed E-state index contributed by atoms with van der Waals surface area (Å²) in [5.74, 6) is 0. The minimum Gasteiger partial charge on any atom is -0.444 e. The number of anilines is 1. The van der Waals surface area contributed by atoms with Crippen LogP contribution in [-0.2, 0) is 4.74 Å². The monoisotopic (exact) mass is 336 g/mol. The number of fused-ring (bicyclic) bond motifs is 1. The molecule has 124 valence electrons. The highest BCUT2D eigenvalue weighted by molar-refractivity contribution is 7.17. The molecule has 1 saturated heterocycles. The molecule has 2 aromatic rings. The first-order chi connectivity index (χ1) is 10.8. The maximum absolute atomic E-state index is 13.5. The molecule has 0 bridgehead atoms. The molecule has 0 saturated carbocycles. The molecule has 1 amide bonds. The molecule has 0 radical (unpaired) electrons. The van der Waals surface area contributed by atoms with Gasteiger partial charge in [0.1, 0.15) is 5.60 Å². The van der Waals surface area contributed by atoms with Crippen LogP contribution in [0, 0.1) is 5.13 Å². The number of thiophene rings is 1. The Morgan fingerprint density at radius 1 is 1.22 bits per heavy atom. The molecule has 0 N–H and O–H groups in total. The zero-order chi connectivity index (χ0) is 16.6. The lowest BCUT2D eigenvalue weighted by atomic mass is 10.2. The molecule has 0 unspecified atom stereocenters. The zero-order valence-corrected chi connectivity index (χ0v) is 14.5. The maximum atomic E-state index is 13.5. The number of halogens is 1. The van der Waals surface area contributed by atoms with Crippen molar-refractivity contribution in [3.05, 3.63) is 29.4 Å². The van der Waals surface area contributed by atoms with Gasteiger partial charge in [-0.3, -0.25) is 0 Å². The fourth-order valence-electron chi connectivity index (χ4n) is 2.75. The quantitative estimate of drug-likeness (QED) is 0.786. The van der Waals surface area contributed by atoms with Crippen LogP contribution < -0.4 is 4.90 Å². The van der Waals surface area contributed by atoms with E-state index >= 15 is 0 Å². The van der Waals surface area contributed by atoms with Crippen LogP contribution in [0.15, 0.2) is 24.3 Å². The Bertz CT molecular complexity index is 715. The summed E-state index contributed by atoms with van der Waals surface area (Å²) >= 11 is 1.16. The van der Waals surface area contributed by atoms with Crippen LogP contribution >= 0.6 is 11.3 Å². The molecule has 1 aliphatic heterocycles. The number of hydrogen-bond acceptors (Lipinski definition) is 4. The zero-order valence-electron chi connectivity index (χ0n) is 13.6. The summed E-state index contributed by atoms with van der Waals surface area (Å²) < 4.78 is 19.9. The van der Waals surface area contributed by atoms with Crippen LogP contribution in [0.2, 0.25) is 0 Å². The molecule has 0 atom stereocenters. The molecule has 23 heavy (non-hydrogen) atoms. The van der Waals surface area contributed by atoms with Crippen LogP contribution in [0.3, 0.4) is 0 Å². The number of nitrogens with zero attached hydrogens (tertiary/aromatic N) is 2. The smallest absolute Gasteiger partial charge is 0.410 e. The molecular formula is C17H21FN2O2S. The number of piperazine rings is 1. The molecule has 2 heterocycles. The van der Waals surface area contributed by atoms with Gasteiger partial charge in [0, 0.05) is 42.0 Å². The van der Waals surface area contributed by atoms with E-state index in [1.807, 2.05) is 39.0 Å². The molecule has 0 aliphatic carbocycles. The van der Waals surface area contributed by atoms with E-state index in [0.29, 0.717) is 13.1 Å². The average Bonchev–Trinajstić information content (AvgIpc) is 2.85. The van der Waals surface area contributed by atoms with E-state index in [4.69, 9.17) is 4.74 Å². The summed E-state index contributed by atoms with van der Waals surface area (Å²) in [5, 5.41) is 0.778. The van der Waals surface area contributed by atoms with Crippen molar-refractivity contribution < 1.29 is 13.9 Å². The van der Waals surface area contributed by atoms with Gasteiger partial charge in [-0.25, -0.2) is 4.79 Å². The first-order valence-electron chi connectivity index (χ1n) is 7.74. The van der Waals surface area contributed by atoms with Crippen molar-refractivity contribution in [2.75, 3.05) is 31.1 Å². The minimum absolute atomic E-state index is 0.167. The summed E-state index contributed by atoms with van der Waals surface area (Å²) in [4.78, 5) is 16.0. The van der Waals surface area contributed by atoms with Crippen LogP contribution in [0.4, 0.5) is 14.9 Å². The predicted molar refractivity (Wildman–Crippen MR) is 91.8 cm³/mol. The summed E-state index contributed by atoms with van der Waals surface area (Å²) in [7, 11) is 0. The number of hydrogen-bond donors (Lipinski definition) is 0. The lowest BCUT2D eigenvalue weighted by molar-refractivity contribution is 0.0241. The SMILES string of the molecule is CC(C)(C)OC(=O)N1CCN(c2cccc3sc(F)cc23)CC1. The van der Waals surface area contributed by atoms with Crippen molar-refractivity contribution in [2.45, 2.75) is 26.4 Å². The van der Waals surface area contributed by atoms with Gasteiger partial charge >= 0.3 is 6.09 Å². The molecular weight excluding hydrogens is 315 g/mol. The molecule has 1 aromatic carbocycles. The topological polar surface area (TPSA) is 32.8 Å². The van der Waals surface area contributed by atoms with Gasteiger partial charge in [0.05, 0.1) is 0 Å². The second-order valence-corrected chi connectivity index (χ2v) is 7.73. The molecule has 6 heteroatoms. The standard InChI is InChI=1S/C17H21FN2O2S/c1-17(2,3)22-16(21)20-9-7-19(8-10-20)13-5-4-6-14-12(13)11-15(18)23-14/h4-6,11H,7-10H2,1-3H3. The summed E-state index contributed by atoms with van der Waals surface area (Å²) in [6.07, 6.45) is -0.267. The Kier molecular flexibility index (Phi) is 4.19. The Balaban J connectivity index is 1.70. The fraction of sp³-hybridized carbons (Fsp3) is 0.471. The van der Waals surface area contributed by atoms with E-state index in [0.717, 1.165) is 40.2 Å². The summed E-state index contributed by atoms with van der Waals surface area (Å²) in [6.45, 7) is 8.26. The highest BCUT2D eigenvalue weighted by Crippen LogP contribution is 2.33. The Labute approximate surface area is 139 Å². The second kappa shape index (κ2) is 6.00. The van der Waals surface area contributed by atoms with E-state index < -0.39 is 5.60 Å². The van der Waals surface area contributed by atoms with Crippen LogP contribution in [0.1, 0.15) is 20.8 Å². The van der Waals surface area contributed by atoms with Crippen molar-refractivity contribution in [1.29, 1.82) is 0 Å². The van der Waals surface area contributed by atoms with E-state index in [1.165, 1.54) is 0 Å². The fourth-order valence-corrected chi connectivity index (χ4v) is 3.55. The van der Waals surface area contributed by atoms with E-state index in [9.17, 15) is 9.18 Å². The average molecular weight is 336 g/mol. The van der Waals surface area contributed by atoms with Gasteiger partial charge in [0.2, 0.25) is 0 Å². The van der Waals surface area contributed by atoms with Crippen LogP contribution in [0.25, 0.3) is 10.1 Å². The van der Waals surface area contributed by atoms with Crippen LogP contribution in [-0.4, -0.2) is 42.8 Å². The largest absolute Gasteiger partial charge is 0.444 e. The number of rotatable bonds is 1. The highest BCUT2D eigenvalue weighted by Gasteiger charge is 2.26. The van der Waals surface area contributed by atoms with E-state index in [-0.39, 0.29) is 11.2 Å². The first-order valence-corrected chi connectivity index (χ1v) is 8.56.